The summed E-state index contributed by atoms with van der Waals surface area (Å²) in [5, 5.41) is 5.37. The summed E-state index contributed by atoms with van der Waals surface area (Å²) in [6.45, 7) is 6.39. The molecule has 0 aliphatic carbocycles. The summed E-state index contributed by atoms with van der Waals surface area (Å²) >= 11 is 0. The molecule has 6 rings (SSSR count). The molecule has 2 aliphatic rings. The molecule has 1 aromatic carbocycles. The number of carbonyl (C=O) groups is 1. The maximum Gasteiger partial charge on any atom is 0.410 e. The second kappa shape index (κ2) is 9.54. The van der Waals surface area contributed by atoms with Crippen molar-refractivity contribution in [2.75, 3.05) is 24.6 Å². The molecule has 10 nitrogen and oxygen atoms in total. The maximum atomic E-state index is 13.7. The zero-order chi connectivity index (χ0) is 28.2. The summed E-state index contributed by atoms with van der Waals surface area (Å²) in [7, 11) is -3.07. The average Bonchev–Trinajstić information content (AvgIpc) is 3.52. The van der Waals surface area contributed by atoms with Crippen molar-refractivity contribution >= 4 is 32.6 Å². The minimum atomic E-state index is -3.07. The van der Waals surface area contributed by atoms with Gasteiger partial charge in [-0.1, -0.05) is 6.08 Å². The molecule has 40 heavy (non-hydrogen) atoms. The van der Waals surface area contributed by atoms with Crippen LogP contribution in [0.15, 0.2) is 53.3 Å². The maximum absolute atomic E-state index is 13.7. The number of benzene rings is 1. The van der Waals surface area contributed by atoms with E-state index < -0.39 is 15.4 Å². The Bertz CT molecular complexity index is 1740. The summed E-state index contributed by atoms with van der Waals surface area (Å²) < 4.78 is 50.6. The lowest BCUT2D eigenvalue weighted by molar-refractivity contribution is 0.0270. The SMILES string of the molecule is CC(C)(C)OC(=O)N1CC=C(c2cc3c(-c4cn(C5CS(=O)(=O)C5)nc4-c4ccc(F)cc4)ncnc3o2)CC1. The Morgan fingerprint density at radius 3 is 2.52 bits per heavy atom. The van der Waals surface area contributed by atoms with Crippen LogP contribution in [0.25, 0.3) is 39.2 Å². The van der Waals surface area contributed by atoms with Crippen LogP contribution in [0.5, 0.6) is 0 Å². The first-order valence-corrected chi connectivity index (χ1v) is 14.8. The molecule has 4 aromatic rings. The highest BCUT2D eigenvalue weighted by molar-refractivity contribution is 7.92. The van der Waals surface area contributed by atoms with E-state index in [0.717, 1.165) is 5.57 Å². The van der Waals surface area contributed by atoms with Gasteiger partial charge in [-0.25, -0.2) is 27.6 Å². The fourth-order valence-corrected chi connectivity index (χ4v) is 6.26. The second-order valence-corrected chi connectivity index (χ2v) is 13.2. The van der Waals surface area contributed by atoms with Gasteiger partial charge in [-0.15, -0.1) is 0 Å². The first kappa shape index (κ1) is 26.2. The summed E-state index contributed by atoms with van der Waals surface area (Å²) in [5.41, 5.74) is 3.21. The Balaban J connectivity index is 1.36. The minimum Gasteiger partial charge on any atom is -0.444 e. The number of nitrogens with zero attached hydrogens (tertiary/aromatic N) is 5. The Hall–Kier alpha value is -4.06. The molecular weight excluding hydrogens is 537 g/mol. The van der Waals surface area contributed by atoms with E-state index in [1.165, 1.54) is 18.5 Å². The van der Waals surface area contributed by atoms with Crippen LogP contribution in [0, 0.1) is 5.82 Å². The highest BCUT2D eigenvalue weighted by Crippen LogP contribution is 2.38. The summed E-state index contributed by atoms with van der Waals surface area (Å²) in [6, 6.07) is 7.56. The van der Waals surface area contributed by atoms with Crippen molar-refractivity contribution in [2.45, 2.75) is 38.8 Å². The van der Waals surface area contributed by atoms with E-state index >= 15 is 0 Å². The van der Waals surface area contributed by atoms with Gasteiger partial charge in [0.05, 0.1) is 28.6 Å². The largest absolute Gasteiger partial charge is 0.444 e. The topological polar surface area (TPSA) is 120 Å². The standard InChI is InChI=1S/C28H28FN5O5S/c1-28(2,3)39-27(35)33-10-8-17(9-11-33)23-12-21-25(30-16-31-26(21)38-23)22-13-34(20-14-40(36,37)15-20)32-24(22)18-4-6-19(29)7-5-18/h4-8,12-13,16,20H,9-11,14-15H2,1-3H3. The molecule has 0 unspecified atom stereocenters. The van der Waals surface area contributed by atoms with Crippen LogP contribution in [0.4, 0.5) is 9.18 Å². The number of hydrogen-bond acceptors (Lipinski definition) is 8. The Morgan fingerprint density at radius 2 is 1.88 bits per heavy atom. The van der Waals surface area contributed by atoms with Crippen LogP contribution in [0.3, 0.4) is 0 Å². The highest BCUT2D eigenvalue weighted by atomic mass is 32.2. The number of halogens is 1. The van der Waals surface area contributed by atoms with Crippen LogP contribution in [0.2, 0.25) is 0 Å². The number of sulfone groups is 1. The molecule has 1 fully saturated rings. The van der Waals surface area contributed by atoms with Crippen LogP contribution in [0.1, 0.15) is 39.0 Å². The van der Waals surface area contributed by atoms with Gasteiger partial charge in [0.2, 0.25) is 5.71 Å². The van der Waals surface area contributed by atoms with Gasteiger partial charge in [-0.05, 0) is 63.1 Å². The third kappa shape index (κ3) is 5.10. The predicted octanol–water partition coefficient (Wildman–Crippen LogP) is 4.89. The number of furan rings is 1. The monoisotopic (exact) mass is 565 g/mol. The quantitative estimate of drug-likeness (QED) is 0.343. The molecule has 1 amide bonds. The van der Waals surface area contributed by atoms with Gasteiger partial charge in [0.1, 0.15) is 29.2 Å². The molecule has 12 heteroatoms. The fraction of sp³-hybridized carbons (Fsp3) is 0.357. The average molecular weight is 566 g/mol. The molecule has 0 spiro atoms. The van der Waals surface area contributed by atoms with E-state index in [2.05, 4.69) is 9.97 Å². The van der Waals surface area contributed by atoms with Crippen LogP contribution >= 0.6 is 0 Å². The van der Waals surface area contributed by atoms with E-state index in [4.69, 9.17) is 14.3 Å². The zero-order valence-electron chi connectivity index (χ0n) is 22.3. The molecule has 0 N–H and O–H groups in total. The first-order valence-electron chi connectivity index (χ1n) is 12.9. The van der Waals surface area contributed by atoms with E-state index in [1.807, 2.05) is 32.9 Å². The van der Waals surface area contributed by atoms with Crippen molar-refractivity contribution in [1.29, 1.82) is 0 Å². The molecule has 5 heterocycles. The summed E-state index contributed by atoms with van der Waals surface area (Å²) in [4.78, 5) is 23.0. The number of aromatic nitrogens is 4. The third-order valence-corrected chi connectivity index (χ3v) is 8.66. The van der Waals surface area contributed by atoms with E-state index in [-0.39, 0.29) is 29.5 Å². The molecule has 0 radical (unpaired) electrons. The zero-order valence-corrected chi connectivity index (χ0v) is 23.1. The van der Waals surface area contributed by atoms with Crippen molar-refractivity contribution < 1.29 is 26.8 Å². The molecule has 208 valence electrons. The molecule has 0 bridgehead atoms. The number of ether oxygens (including phenoxy) is 1. The summed E-state index contributed by atoms with van der Waals surface area (Å²) in [5.74, 6) is 0.284. The van der Waals surface area contributed by atoms with Crippen molar-refractivity contribution in [3.8, 4) is 22.5 Å². The van der Waals surface area contributed by atoms with E-state index in [1.54, 1.807) is 27.9 Å². The molecule has 0 atom stereocenters. The molecule has 2 aliphatic heterocycles. The Kier molecular flexibility index (Phi) is 6.25. The van der Waals surface area contributed by atoms with Gasteiger partial charge in [0.15, 0.2) is 9.84 Å². The normalized spacial score (nSPS) is 17.5. The number of rotatable bonds is 4. The molecule has 0 saturated carbocycles. The van der Waals surface area contributed by atoms with Crippen molar-refractivity contribution in [3.05, 3.63) is 60.5 Å². The number of carbonyl (C=O) groups excluding carboxylic acids is 1. The van der Waals surface area contributed by atoms with Gasteiger partial charge in [0, 0.05) is 30.4 Å². The Morgan fingerprint density at radius 1 is 1.12 bits per heavy atom. The number of hydrogen-bond donors (Lipinski definition) is 0. The second-order valence-electron chi connectivity index (χ2n) is 11.1. The number of fused-ring (bicyclic) bond motifs is 1. The van der Waals surface area contributed by atoms with E-state index in [9.17, 15) is 17.6 Å². The highest BCUT2D eigenvalue weighted by Gasteiger charge is 2.36. The van der Waals surface area contributed by atoms with Gasteiger partial charge in [-0.2, -0.15) is 5.10 Å². The van der Waals surface area contributed by atoms with Crippen molar-refractivity contribution in [2.24, 2.45) is 0 Å². The predicted molar refractivity (Wildman–Crippen MR) is 147 cm³/mol. The van der Waals surface area contributed by atoms with Crippen LogP contribution < -0.4 is 0 Å². The van der Waals surface area contributed by atoms with Crippen LogP contribution in [-0.2, 0) is 14.6 Å². The van der Waals surface area contributed by atoms with Crippen molar-refractivity contribution in [3.63, 3.8) is 0 Å². The first-order chi connectivity index (χ1) is 19.0. The third-order valence-electron chi connectivity index (χ3n) is 6.88. The lowest BCUT2D eigenvalue weighted by Gasteiger charge is -2.29. The van der Waals surface area contributed by atoms with E-state index in [0.29, 0.717) is 58.9 Å². The van der Waals surface area contributed by atoms with Crippen LogP contribution in [-0.4, -0.2) is 69.4 Å². The fourth-order valence-electron chi connectivity index (χ4n) is 4.88. The minimum absolute atomic E-state index is 0.0144. The molecule has 3 aromatic heterocycles. The van der Waals surface area contributed by atoms with Crippen molar-refractivity contribution in [1.82, 2.24) is 24.6 Å². The lowest BCUT2D eigenvalue weighted by Crippen LogP contribution is -2.39. The Labute approximate surface area is 230 Å². The van der Waals surface area contributed by atoms with Gasteiger partial charge in [0.25, 0.3) is 0 Å². The smallest absolute Gasteiger partial charge is 0.410 e. The number of amides is 1. The molecule has 1 saturated heterocycles. The lowest BCUT2D eigenvalue weighted by atomic mass is 10.0. The van der Waals surface area contributed by atoms with Gasteiger partial charge < -0.3 is 14.1 Å². The van der Waals surface area contributed by atoms with Gasteiger partial charge in [-0.3, -0.25) is 4.68 Å². The van der Waals surface area contributed by atoms with Gasteiger partial charge >= 0.3 is 6.09 Å². The summed E-state index contributed by atoms with van der Waals surface area (Å²) in [6.07, 6.45) is 5.36. The molecular formula is C28H28FN5O5S.